The Hall–Kier alpha value is -2.05. The molecular formula is C18H19ClN2O3S. The lowest BCUT2D eigenvalue weighted by Gasteiger charge is -2.10. The predicted octanol–water partition coefficient (Wildman–Crippen LogP) is 3.62. The molecule has 0 fully saturated rings. The van der Waals surface area contributed by atoms with Gasteiger partial charge in [-0.25, -0.2) is 0 Å². The number of hydrogen-bond donors (Lipinski definition) is 2. The van der Waals surface area contributed by atoms with Crippen LogP contribution in [-0.2, 0) is 17.6 Å². The van der Waals surface area contributed by atoms with Gasteiger partial charge in [0.2, 0.25) is 0 Å². The van der Waals surface area contributed by atoms with E-state index in [-0.39, 0.29) is 12.5 Å². The van der Waals surface area contributed by atoms with Crippen molar-refractivity contribution >= 4 is 39.8 Å². The number of fused-ring (bicyclic) bond motifs is 1. The van der Waals surface area contributed by atoms with E-state index in [4.69, 9.17) is 22.1 Å². The zero-order valence-corrected chi connectivity index (χ0v) is 15.6. The summed E-state index contributed by atoms with van der Waals surface area (Å²) >= 11 is 7.55. The van der Waals surface area contributed by atoms with Gasteiger partial charge in [0, 0.05) is 9.90 Å². The van der Waals surface area contributed by atoms with Crippen molar-refractivity contribution < 1.29 is 14.3 Å². The number of thiophene rings is 1. The number of nitrogens with one attached hydrogen (secondary N) is 1. The van der Waals surface area contributed by atoms with Crippen molar-refractivity contribution in [3.05, 3.63) is 44.3 Å². The van der Waals surface area contributed by atoms with Gasteiger partial charge in [-0.05, 0) is 61.9 Å². The molecule has 1 aliphatic carbocycles. The number of aryl methyl sites for hydroxylation is 3. The Morgan fingerprint density at radius 1 is 1.28 bits per heavy atom. The molecule has 0 radical (unpaired) electrons. The normalized spacial score (nSPS) is 12.8. The second-order valence-corrected chi connectivity index (χ2v) is 7.62. The van der Waals surface area contributed by atoms with Crippen LogP contribution in [0.15, 0.2) is 12.1 Å². The molecule has 1 aromatic heterocycles. The summed E-state index contributed by atoms with van der Waals surface area (Å²) in [6.45, 7) is 3.62. The smallest absolute Gasteiger partial charge is 0.262 e. The quantitative estimate of drug-likeness (QED) is 0.833. The number of halogens is 1. The van der Waals surface area contributed by atoms with Gasteiger partial charge in [-0.15, -0.1) is 11.3 Å². The van der Waals surface area contributed by atoms with Crippen LogP contribution in [-0.4, -0.2) is 18.4 Å². The third-order valence-corrected chi connectivity index (χ3v) is 6.00. The number of nitrogens with two attached hydrogens (primary N) is 1. The molecule has 0 saturated heterocycles. The summed E-state index contributed by atoms with van der Waals surface area (Å²) in [6, 6.07) is 3.58. The van der Waals surface area contributed by atoms with Gasteiger partial charge < -0.3 is 15.8 Å². The fraction of sp³-hybridized carbons (Fsp3) is 0.333. The average molecular weight is 379 g/mol. The predicted molar refractivity (Wildman–Crippen MR) is 99.9 cm³/mol. The first kappa shape index (κ1) is 17.8. The Balaban J connectivity index is 1.69. The fourth-order valence-electron chi connectivity index (χ4n) is 3.05. The number of amides is 2. The monoisotopic (exact) mass is 378 g/mol. The van der Waals surface area contributed by atoms with E-state index in [2.05, 4.69) is 5.32 Å². The average Bonchev–Trinajstić information content (AvgIpc) is 3.10. The number of rotatable bonds is 5. The lowest BCUT2D eigenvalue weighted by molar-refractivity contribution is -0.118. The second-order valence-electron chi connectivity index (χ2n) is 6.13. The minimum Gasteiger partial charge on any atom is -0.484 e. The molecule has 0 atom stereocenters. The molecule has 132 valence electrons. The number of anilines is 1. The Kier molecular flexibility index (Phi) is 5.01. The molecule has 0 aliphatic heterocycles. The molecule has 1 aliphatic rings. The van der Waals surface area contributed by atoms with Crippen molar-refractivity contribution in [1.29, 1.82) is 0 Å². The maximum atomic E-state index is 12.2. The number of ether oxygens (including phenoxy) is 1. The molecule has 0 saturated carbocycles. The van der Waals surface area contributed by atoms with E-state index in [0.717, 1.165) is 40.8 Å². The lowest BCUT2D eigenvalue weighted by atomic mass is 10.1. The van der Waals surface area contributed by atoms with Gasteiger partial charge in [0.25, 0.3) is 11.8 Å². The summed E-state index contributed by atoms with van der Waals surface area (Å²) < 4.78 is 5.55. The van der Waals surface area contributed by atoms with E-state index in [1.54, 1.807) is 12.1 Å². The van der Waals surface area contributed by atoms with Gasteiger partial charge >= 0.3 is 0 Å². The summed E-state index contributed by atoms with van der Waals surface area (Å²) in [4.78, 5) is 25.1. The molecule has 1 heterocycles. The first-order valence-corrected chi connectivity index (χ1v) is 9.20. The molecule has 7 heteroatoms. The molecule has 2 amide bonds. The number of carbonyl (C=O) groups is 2. The topological polar surface area (TPSA) is 81.4 Å². The summed E-state index contributed by atoms with van der Waals surface area (Å²) in [5.41, 5.74) is 8.71. The number of primary amides is 1. The van der Waals surface area contributed by atoms with Crippen molar-refractivity contribution in [3.8, 4) is 5.75 Å². The van der Waals surface area contributed by atoms with Crippen molar-refractivity contribution in [2.75, 3.05) is 11.9 Å². The summed E-state index contributed by atoms with van der Waals surface area (Å²) in [6.07, 6.45) is 2.78. The molecule has 3 N–H and O–H groups in total. The minimum atomic E-state index is -0.500. The highest BCUT2D eigenvalue weighted by molar-refractivity contribution is 7.17. The Bertz CT molecular complexity index is 837. The van der Waals surface area contributed by atoms with Gasteiger partial charge in [0.15, 0.2) is 6.61 Å². The van der Waals surface area contributed by atoms with Gasteiger partial charge in [0.1, 0.15) is 10.8 Å². The van der Waals surface area contributed by atoms with Crippen LogP contribution < -0.4 is 15.8 Å². The highest BCUT2D eigenvalue weighted by atomic mass is 35.5. The molecule has 0 bridgehead atoms. The Morgan fingerprint density at radius 3 is 2.60 bits per heavy atom. The SMILES string of the molecule is Cc1cc(OCC(=O)Nc2sc3c(c2C(N)=O)CCC3)cc(C)c1Cl. The molecule has 0 unspecified atom stereocenters. The van der Waals surface area contributed by atoms with Gasteiger partial charge in [0.05, 0.1) is 5.56 Å². The highest BCUT2D eigenvalue weighted by Crippen LogP contribution is 2.38. The van der Waals surface area contributed by atoms with E-state index in [1.165, 1.54) is 11.3 Å². The zero-order chi connectivity index (χ0) is 18.1. The Labute approximate surface area is 155 Å². The van der Waals surface area contributed by atoms with E-state index in [9.17, 15) is 9.59 Å². The minimum absolute atomic E-state index is 0.152. The first-order chi connectivity index (χ1) is 11.9. The first-order valence-electron chi connectivity index (χ1n) is 8.00. The third kappa shape index (κ3) is 3.65. The van der Waals surface area contributed by atoms with Crippen LogP contribution in [0.3, 0.4) is 0 Å². The molecular weight excluding hydrogens is 360 g/mol. The van der Waals surface area contributed by atoms with Crippen molar-refractivity contribution in [1.82, 2.24) is 0 Å². The van der Waals surface area contributed by atoms with Gasteiger partial charge in [-0.1, -0.05) is 11.6 Å². The van der Waals surface area contributed by atoms with Gasteiger partial charge in [-0.3, -0.25) is 9.59 Å². The highest BCUT2D eigenvalue weighted by Gasteiger charge is 2.26. The van der Waals surface area contributed by atoms with E-state index < -0.39 is 5.91 Å². The zero-order valence-electron chi connectivity index (χ0n) is 14.1. The van der Waals surface area contributed by atoms with E-state index in [0.29, 0.717) is 21.3 Å². The van der Waals surface area contributed by atoms with Crippen molar-refractivity contribution in [3.63, 3.8) is 0 Å². The summed E-state index contributed by atoms with van der Waals surface area (Å²) in [5, 5.41) is 3.97. The fourth-order valence-corrected chi connectivity index (χ4v) is 4.47. The summed E-state index contributed by atoms with van der Waals surface area (Å²) in [5.74, 6) is -0.245. The molecule has 0 spiro atoms. The maximum absolute atomic E-state index is 12.2. The van der Waals surface area contributed by atoms with Crippen LogP contribution in [0.4, 0.5) is 5.00 Å². The van der Waals surface area contributed by atoms with Crippen LogP contribution >= 0.6 is 22.9 Å². The van der Waals surface area contributed by atoms with Crippen LogP contribution in [0.2, 0.25) is 5.02 Å². The van der Waals surface area contributed by atoms with Gasteiger partial charge in [-0.2, -0.15) is 0 Å². The number of benzene rings is 1. The van der Waals surface area contributed by atoms with E-state index in [1.807, 2.05) is 13.8 Å². The largest absolute Gasteiger partial charge is 0.484 e. The molecule has 25 heavy (non-hydrogen) atoms. The van der Waals surface area contributed by atoms with E-state index >= 15 is 0 Å². The Morgan fingerprint density at radius 2 is 1.96 bits per heavy atom. The standard InChI is InChI=1S/C18H19ClN2O3S/c1-9-6-11(7-10(2)16(9)19)24-8-14(22)21-18-15(17(20)23)12-4-3-5-13(12)25-18/h6-7H,3-5,8H2,1-2H3,(H2,20,23)(H,21,22). The van der Waals surface area contributed by atoms with Crippen LogP contribution in [0.5, 0.6) is 5.75 Å². The third-order valence-electron chi connectivity index (χ3n) is 4.20. The maximum Gasteiger partial charge on any atom is 0.262 e. The lowest BCUT2D eigenvalue weighted by Crippen LogP contribution is -2.22. The molecule has 1 aromatic carbocycles. The second kappa shape index (κ2) is 7.06. The van der Waals surface area contributed by atoms with Crippen molar-refractivity contribution in [2.45, 2.75) is 33.1 Å². The number of hydrogen-bond acceptors (Lipinski definition) is 4. The summed E-state index contributed by atoms with van der Waals surface area (Å²) in [7, 11) is 0. The van der Waals surface area contributed by atoms with Crippen molar-refractivity contribution in [2.24, 2.45) is 5.73 Å². The molecule has 2 aromatic rings. The van der Waals surface area contributed by atoms with Crippen LogP contribution in [0.1, 0.15) is 38.3 Å². The number of carbonyl (C=O) groups excluding carboxylic acids is 2. The molecule has 3 rings (SSSR count). The van der Waals surface area contributed by atoms with Crippen LogP contribution in [0.25, 0.3) is 0 Å². The molecule has 5 nitrogen and oxygen atoms in total. The van der Waals surface area contributed by atoms with Crippen LogP contribution in [0, 0.1) is 13.8 Å².